The third kappa shape index (κ3) is 5.48. The number of carbonyl (C=O) groups is 1. The Morgan fingerprint density at radius 3 is 2.57 bits per heavy atom. The molecule has 0 saturated carbocycles. The first-order valence-corrected chi connectivity index (χ1v) is 12.4. The summed E-state index contributed by atoms with van der Waals surface area (Å²) in [6.07, 6.45) is 1.56. The highest BCUT2D eigenvalue weighted by molar-refractivity contribution is 5.89. The second kappa shape index (κ2) is 11.3. The Kier molecular flexibility index (Phi) is 8.16. The maximum atomic E-state index is 14.2. The maximum Gasteiger partial charge on any atom is 0.335 e. The number of hydrogen-bond acceptors (Lipinski definition) is 3. The molecule has 0 aromatic heterocycles. The number of benzene rings is 4. The van der Waals surface area contributed by atoms with Gasteiger partial charge in [-0.05, 0) is 73.5 Å². The molecule has 4 aromatic carbocycles. The molecule has 0 saturated heterocycles. The van der Waals surface area contributed by atoms with Gasteiger partial charge in [-0.25, -0.2) is 9.18 Å². The molecule has 0 aliphatic carbocycles. The summed E-state index contributed by atoms with van der Waals surface area (Å²) in [6, 6.07) is 24.8. The minimum Gasteiger partial charge on any atom is -0.490 e. The molecule has 0 unspecified atom stereocenters. The van der Waals surface area contributed by atoms with Crippen molar-refractivity contribution >= 4 is 29.1 Å². The number of hydrogen-bond donors (Lipinski definition) is 2. The van der Waals surface area contributed by atoms with E-state index in [0.29, 0.717) is 10.9 Å². The second-order valence-electron chi connectivity index (χ2n) is 9.59. The second-order valence-corrected chi connectivity index (χ2v) is 9.59. The highest BCUT2D eigenvalue weighted by Gasteiger charge is 2.30. The lowest BCUT2D eigenvalue weighted by Gasteiger charge is -2.33. The van der Waals surface area contributed by atoms with E-state index in [1.54, 1.807) is 0 Å². The molecule has 2 N–H and O–H groups in total. The number of aryl methyl sites for hydroxylation is 1. The van der Waals surface area contributed by atoms with Gasteiger partial charge in [-0.1, -0.05) is 60.7 Å². The summed E-state index contributed by atoms with van der Waals surface area (Å²) in [4.78, 5) is 11.7. The molecule has 0 fully saturated rings. The molecular weight excluding hydrogens is 489 g/mol. The summed E-state index contributed by atoms with van der Waals surface area (Å²) < 4.78 is 20.6. The van der Waals surface area contributed by atoms with Crippen molar-refractivity contribution in [2.75, 3.05) is 6.54 Å². The normalized spacial score (nSPS) is 17.4. The van der Waals surface area contributed by atoms with Crippen molar-refractivity contribution < 1.29 is 19.0 Å². The van der Waals surface area contributed by atoms with Crippen molar-refractivity contribution in [3.63, 3.8) is 0 Å². The number of rotatable bonds is 7. The maximum absolute atomic E-state index is 14.2. The first-order valence-electron chi connectivity index (χ1n) is 12.4. The Morgan fingerprint density at radius 1 is 1.05 bits per heavy atom. The van der Waals surface area contributed by atoms with E-state index in [1.165, 1.54) is 6.07 Å². The Labute approximate surface area is 222 Å². The summed E-state index contributed by atoms with van der Waals surface area (Å²) in [6.45, 7) is 4.66. The SMILES string of the molecule is Cc1ccc([C@H]2C[C@@H](CCN[C@H](C)c3ccc(F)c4ccccc34)Oc3ccccc32)cc1C(=O)O.Cl. The molecule has 0 amide bonds. The Bertz CT molecular complexity index is 1420. The Morgan fingerprint density at radius 2 is 1.78 bits per heavy atom. The molecule has 3 atom stereocenters. The summed E-state index contributed by atoms with van der Waals surface area (Å²) in [7, 11) is 0. The van der Waals surface area contributed by atoms with Crippen LogP contribution in [0.15, 0.2) is 78.9 Å². The summed E-state index contributed by atoms with van der Waals surface area (Å²) in [5.41, 5.74) is 4.26. The Hall–Kier alpha value is -3.41. The van der Waals surface area contributed by atoms with Crippen molar-refractivity contribution in [1.82, 2.24) is 5.32 Å². The van der Waals surface area contributed by atoms with E-state index in [9.17, 15) is 14.3 Å². The molecule has 1 aliphatic rings. The summed E-state index contributed by atoms with van der Waals surface area (Å²) >= 11 is 0. The van der Waals surface area contributed by atoms with Crippen molar-refractivity contribution in [2.24, 2.45) is 0 Å². The molecule has 0 bridgehead atoms. The molecule has 4 aromatic rings. The lowest BCUT2D eigenvalue weighted by atomic mass is 9.82. The van der Waals surface area contributed by atoms with Gasteiger partial charge in [0.2, 0.25) is 0 Å². The smallest absolute Gasteiger partial charge is 0.335 e. The summed E-state index contributed by atoms with van der Waals surface area (Å²) in [5.74, 6) is -0.187. The fraction of sp³-hybridized carbons (Fsp3) is 0.258. The van der Waals surface area contributed by atoms with Gasteiger partial charge < -0.3 is 15.2 Å². The van der Waals surface area contributed by atoms with Gasteiger partial charge in [0.05, 0.1) is 5.56 Å². The van der Waals surface area contributed by atoms with Crippen LogP contribution in [0.2, 0.25) is 0 Å². The predicted molar refractivity (Wildman–Crippen MR) is 148 cm³/mol. The Balaban J connectivity index is 0.00000320. The van der Waals surface area contributed by atoms with Crippen LogP contribution < -0.4 is 10.1 Å². The number of para-hydroxylation sites is 1. The van der Waals surface area contributed by atoms with E-state index in [2.05, 4.69) is 18.3 Å². The monoisotopic (exact) mass is 519 g/mol. The zero-order valence-electron chi connectivity index (χ0n) is 20.9. The molecule has 0 radical (unpaired) electrons. The van der Waals surface area contributed by atoms with Gasteiger partial charge in [0.15, 0.2) is 0 Å². The van der Waals surface area contributed by atoms with E-state index in [1.807, 2.05) is 73.7 Å². The number of aromatic carboxylic acids is 1. The number of nitrogens with one attached hydrogen (secondary N) is 1. The topological polar surface area (TPSA) is 58.6 Å². The predicted octanol–water partition coefficient (Wildman–Crippen LogP) is 7.43. The van der Waals surface area contributed by atoms with Gasteiger partial charge in [-0.3, -0.25) is 0 Å². The van der Waals surface area contributed by atoms with Gasteiger partial charge in [0.25, 0.3) is 0 Å². The molecule has 0 spiro atoms. The number of ether oxygens (including phenoxy) is 1. The third-order valence-electron chi connectivity index (χ3n) is 7.27. The van der Waals surface area contributed by atoms with Crippen molar-refractivity contribution in [3.05, 3.63) is 112 Å². The van der Waals surface area contributed by atoms with Gasteiger partial charge in [-0.2, -0.15) is 0 Å². The van der Waals surface area contributed by atoms with Crippen LogP contribution in [-0.4, -0.2) is 23.7 Å². The van der Waals surface area contributed by atoms with E-state index in [4.69, 9.17) is 4.74 Å². The standard InChI is InChI=1S/C31H30FNO3.ClH/c1-19-11-12-21(17-27(19)31(34)35)28-18-22(36-30-10-6-5-9-26(28)30)15-16-33-20(2)23-13-14-29(32)25-8-4-3-7-24(23)25;/h3-14,17,20,22,28,33H,15-16,18H2,1-2H3,(H,34,35);1H/t20-,22-,28-;/m1./s1. The molecule has 4 nitrogen and oxygen atoms in total. The fourth-order valence-corrected chi connectivity index (χ4v) is 5.31. The lowest BCUT2D eigenvalue weighted by Crippen LogP contribution is -2.31. The van der Waals surface area contributed by atoms with Gasteiger partial charge >= 0.3 is 5.97 Å². The first kappa shape index (κ1) is 26.6. The zero-order valence-corrected chi connectivity index (χ0v) is 21.7. The number of fused-ring (bicyclic) bond motifs is 2. The molecule has 192 valence electrons. The minimum atomic E-state index is -0.905. The van der Waals surface area contributed by atoms with Gasteiger partial charge in [0, 0.05) is 22.9 Å². The first-order chi connectivity index (χ1) is 17.4. The van der Waals surface area contributed by atoms with Gasteiger partial charge in [0.1, 0.15) is 17.7 Å². The molecule has 1 heterocycles. The number of carboxylic acid groups (broad SMARTS) is 1. The number of carboxylic acids is 1. The highest BCUT2D eigenvalue weighted by Crippen LogP contribution is 2.41. The van der Waals surface area contributed by atoms with Crippen LogP contribution in [0.25, 0.3) is 10.8 Å². The summed E-state index contributed by atoms with van der Waals surface area (Å²) in [5, 5.41) is 14.8. The van der Waals surface area contributed by atoms with Crippen LogP contribution in [0.4, 0.5) is 4.39 Å². The van der Waals surface area contributed by atoms with Crippen LogP contribution in [0.1, 0.15) is 64.3 Å². The third-order valence-corrected chi connectivity index (χ3v) is 7.27. The average Bonchev–Trinajstić information content (AvgIpc) is 2.88. The fourth-order valence-electron chi connectivity index (χ4n) is 5.31. The van der Waals surface area contributed by atoms with Crippen LogP contribution >= 0.6 is 12.4 Å². The molecular formula is C31H31ClFNO3. The van der Waals surface area contributed by atoms with Crippen molar-refractivity contribution in [1.29, 1.82) is 0 Å². The van der Waals surface area contributed by atoms with Crippen LogP contribution in [0.5, 0.6) is 5.75 Å². The zero-order chi connectivity index (χ0) is 25.2. The molecule has 37 heavy (non-hydrogen) atoms. The quantitative estimate of drug-likeness (QED) is 0.266. The molecule has 1 aliphatic heterocycles. The van der Waals surface area contributed by atoms with Crippen LogP contribution in [0, 0.1) is 12.7 Å². The molecule has 5 rings (SSSR count). The van der Waals surface area contributed by atoms with Crippen LogP contribution in [-0.2, 0) is 0 Å². The highest BCUT2D eigenvalue weighted by atomic mass is 35.5. The van der Waals surface area contributed by atoms with E-state index in [0.717, 1.165) is 52.8 Å². The van der Waals surface area contributed by atoms with Crippen LogP contribution in [0.3, 0.4) is 0 Å². The van der Waals surface area contributed by atoms with E-state index >= 15 is 0 Å². The average molecular weight is 520 g/mol. The van der Waals surface area contributed by atoms with Crippen molar-refractivity contribution in [3.8, 4) is 5.75 Å². The lowest BCUT2D eigenvalue weighted by molar-refractivity contribution is 0.0696. The van der Waals surface area contributed by atoms with Crippen molar-refractivity contribution in [2.45, 2.75) is 44.8 Å². The largest absolute Gasteiger partial charge is 0.490 e. The van der Waals surface area contributed by atoms with E-state index < -0.39 is 5.97 Å². The van der Waals surface area contributed by atoms with Gasteiger partial charge in [-0.15, -0.1) is 12.4 Å². The van der Waals surface area contributed by atoms with E-state index in [-0.39, 0.29) is 36.3 Å². The molecule has 6 heteroatoms. The minimum absolute atomic E-state index is 0. The number of halogens is 2.